The van der Waals surface area contributed by atoms with Crippen molar-refractivity contribution in [3.63, 3.8) is 0 Å². The van der Waals surface area contributed by atoms with Crippen molar-refractivity contribution in [3.05, 3.63) is 176 Å². The van der Waals surface area contributed by atoms with Crippen molar-refractivity contribution in [2.45, 2.75) is 51.9 Å². The van der Waals surface area contributed by atoms with Gasteiger partial charge in [0.1, 0.15) is 11.5 Å². The van der Waals surface area contributed by atoms with E-state index in [1.54, 1.807) is 58.8 Å². The maximum Gasteiger partial charge on any atom is 0.334 e. The first kappa shape index (κ1) is 68.4. The Kier molecular flexibility index (Phi) is 27.6. The molecule has 2 N–H and O–H groups in total. The minimum atomic E-state index is -0.178. The molecular formula is C52H62Cl2N10O5P14. The fourth-order valence-corrected chi connectivity index (χ4v) is 156. The van der Waals surface area contributed by atoms with Crippen LogP contribution in [0.1, 0.15) is 37.1 Å². The first-order valence-corrected chi connectivity index (χ1v) is 50.3. The van der Waals surface area contributed by atoms with E-state index in [-0.39, 0.29) is 59.9 Å². The summed E-state index contributed by atoms with van der Waals surface area (Å²) in [4.78, 5) is 36.7. The van der Waals surface area contributed by atoms with E-state index in [1.165, 1.54) is 0 Å². The molecule has 6 heterocycles. The summed E-state index contributed by atoms with van der Waals surface area (Å²) in [5, 5.41) is 30.3. The Balaban J connectivity index is 0.000000172. The molecular weight excluding hydrogens is 1350 g/mol. The van der Waals surface area contributed by atoms with Gasteiger partial charge in [0.05, 0.1) is 85.3 Å². The molecule has 434 valence electrons. The van der Waals surface area contributed by atoms with Crippen LogP contribution in [-0.2, 0) is 26.2 Å². The summed E-state index contributed by atoms with van der Waals surface area (Å²) in [7, 11) is 27.6. The lowest BCUT2D eigenvalue weighted by Gasteiger charge is -2.37. The molecule has 0 spiro atoms. The van der Waals surface area contributed by atoms with Crippen molar-refractivity contribution >= 4 is 180 Å². The number of hydrogen-bond acceptors (Lipinski definition) is 9. The SMILES string of the molecule is COc1ccc(-n2c(=O)[nH]c3cnccc32)cc1.COc1ccc(-n2c(=O)n(Cc3cc4cc(Cl)ccc4n3CCCC#N)c3cnccc32)cc1.N#CCCCn1c(CO)cc2cc(Cl)ccc21.PP(P)P(P(P)P)P(P(P)P)P(P)P. The third kappa shape index (κ3) is 17.6. The van der Waals surface area contributed by atoms with Gasteiger partial charge in [0.2, 0.25) is 0 Å². The number of methoxy groups -OCH3 is 2. The number of imidazole rings is 2. The summed E-state index contributed by atoms with van der Waals surface area (Å²) >= 11 is 12.2. The minimum absolute atomic E-state index is 0.00114. The fourth-order valence-electron chi connectivity index (χ4n) is 8.97. The van der Waals surface area contributed by atoms with Gasteiger partial charge in [0.25, 0.3) is 0 Å². The van der Waals surface area contributed by atoms with Gasteiger partial charge in [0.15, 0.2) is 0 Å². The Hall–Kier alpha value is -2.06. The summed E-state index contributed by atoms with van der Waals surface area (Å²) in [6.45, 7) is 2.53. The average molecular weight is 1410 g/mol. The first-order chi connectivity index (χ1) is 39.9. The van der Waals surface area contributed by atoms with Gasteiger partial charge in [-0.25, -0.2) is 9.59 Å². The van der Waals surface area contributed by atoms with Crippen LogP contribution in [0.2, 0.25) is 10.0 Å². The molecule has 8 atom stereocenters. The molecule has 0 fully saturated rings. The van der Waals surface area contributed by atoms with Crippen molar-refractivity contribution in [3.8, 4) is 35.0 Å². The van der Waals surface area contributed by atoms with Crippen LogP contribution in [-0.4, -0.2) is 57.1 Å². The minimum Gasteiger partial charge on any atom is -0.497 e. The van der Waals surface area contributed by atoms with Crippen LogP contribution in [0.4, 0.5) is 0 Å². The molecule has 0 radical (unpaired) electrons. The van der Waals surface area contributed by atoms with Crippen molar-refractivity contribution < 1.29 is 14.6 Å². The number of aryl methyl sites for hydroxylation is 2. The number of rotatable bonds is 18. The number of hydrogen-bond donors (Lipinski definition) is 2. The summed E-state index contributed by atoms with van der Waals surface area (Å²) in [6, 6.07) is 38.2. The van der Waals surface area contributed by atoms with Gasteiger partial charge in [-0.05, 0) is 164 Å². The lowest BCUT2D eigenvalue weighted by molar-refractivity contribution is 0.271. The highest BCUT2D eigenvalue weighted by Gasteiger charge is 2.32. The topological polar surface area (TPSA) is 187 Å². The van der Waals surface area contributed by atoms with Crippen LogP contribution < -0.4 is 20.9 Å². The van der Waals surface area contributed by atoms with Gasteiger partial charge in [0, 0.05) is 81.6 Å². The van der Waals surface area contributed by atoms with E-state index in [0.29, 0.717) is 36.0 Å². The molecule has 31 heteroatoms. The number of aliphatic hydroxyl groups is 1. The number of aliphatic hydroxyl groups excluding tert-OH is 1. The standard InChI is InChI=1S/C26H22ClN5O2.C13H13ClN2O.C13H11N3O2.H16P14/c1-34-22-7-5-20(6-8-22)32-24-10-12-29-16-25(24)31(26(32)33)17-21-15-18-14-19(27)4-9-23(18)30(21)13-3-2-11-28;14-11-3-4-13-10(7-11)8-12(9-17)16(13)6-2-1-5-15;1-18-10-4-2-9(3-5-10)16-12-6-7-14-8-11(12)15-13(16)17;1-9(2)13(10(3)4)14(11(5)6)12(7)8/h4-10,12,14-16H,2-3,13,17H2,1H3;3-4,7-8,17H,1-2,6,9H2;2-8H,1H3,(H,15,17);1-8H2. The number of nitrogens with zero attached hydrogens (tertiary/aromatic N) is 9. The molecule has 0 aliphatic heterocycles. The number of aromatic amines is 1. The molecule has 8 unspecified atom stereocenters. The highest BCUT2D eigenvalue weighted by atomic mass is 35.5. The van der Waals surface area contributed by atoms with Gasteiger partial charge >= 0.3 is 11.4 Å². The fraction of sp³-hybridized carbons (Fsp3) is 0.192. The van der Waals surface area contributed by atoms with E-state index in [2.05, 4.69) is 109 Å². The maximum atomic E-state index is 13.7. The zero-order valence-corrected chi connectivity index (χ0v) is 61.1. The third-order valence-corrected chi connectivity index (χ3v) is 92.0. The Morgan fingerprint density at radius 2 is 1.02 bits per heavy atom. The van der Waals surface area contributed by atoms with E-state index in [9.17, 15) is 14.7 Å². The molecule has 10 rings (SSSR count). The van der Waals surface area contributed by atoms with Crippen molar-refractivity contribution in [1.82, 2.24) is 37.8 Å². The van der Waals surface area contributed by atoms with Gasteiger partial charge in [-0.1, -0.05) is 23.2 Å². The van der Waals surface area contributed by atoms with Gasteiger partial charge in [-0.15, -0.1) is 71.4 Å². The number of pyridine rings is 2. The smallest absolute Gasteiger partial charge is 0.334 e. The molecule has 0 saturated carbocycles. The average Bonchev–Trinajstić information content (AvgIpc) is 4.24. The van der Waals surface area contributed by atoms with Gasteiger partial charge in [-0.2, -0.15) is 10.5 Å². The quantitative estimate of drug-likeness (QED) is 0.0623. The summed E-state index contributed by atoms with van der Waals surface area (Å²) in [5.74, 6) is 1.48. The van der Waals surface area contributed by atoms with E-state index in [0.717, 1.165) is 97.5 Å². The van der Waals surface area contributed by atoms with Crippen molar-refractivity contribution in [2.75, 3.05) is 14.2 Å². The van der Waals surface area contributed by atoms with Crippen LogP contribution in [0, 0.1) is 22.7 Å². The largest absolute Gasteiger partial charge is 0.497 e. The molecule has 6 aromatic heterocycles. The number of nitriles is 2. The maximum absolute atomic E-state index is 13.7. The highest BCUT2D eigenvalue weighted by molar-refractivity contribution is 9.27. The molecule has 83 heavy (non-hydrogen) atoms. The molecule has 0 aliphatic carbocycles. The molecule has 10 aromatic rings. The van der Waals surface area contributed by atoms with Crippen LogP contribution in [0.15, 0.2) is 144 Å². The molecule has 0 amide bonds. The normalized spacial score (nSPS) is 11.3. The van der Waals surface area contributed by atoms with E-state index < -0.39 is 0 Å². The number of aromatic nitrogens is 8. The van der Waals surface area contributed by atoms with E-state index >= 15 is 0 Å². The second kappa shape index (κ2) is 33.5. The number of fused-ring (bicyclic) bond motifs is 4. The molecule has 0 bridgehead atoms. The van der Waals surface area contributed by atoms with E-state index in [4.69, 9.17) is 43.2 Å². The lowest BCUT2D eigenvalue weighted by atomic mass is 10.2. The number of benzene rings is 4. The second-order valence-electron chi connectivity index (χ2n) is 17.8. The lowest BCUT2D eigenvalue weighted by Crippen LogP contribution is -2.24. The molecule has 15 nitrogen and oxygen atoms in total. The molecule has 4 aromatic carbocycles. The number of H-pyrrole nitrogens is 1. The summed E-state index contributed by atoms with van der Waals surface area (Å²) in [6.07, 6.45) is 9.21. The zero-order chi connectivity index (χ0) is 59.9. The van der Waals surface area contributed by atoms with E-state index in [1.807, 2.05) is 102 Å². The summed E-state index contributed by atoms with van der Waals surface area (Å²) in [5.41, 5.74) is 8.17. The van der Waals surface area contributed by atoms with Gasteiger partial charge < -0.3 is 28.7 Å². The van der Waals surface area contributed by atoms with Crippen LogP contribution in [0.3, 0.4) is 0 Å². The molecule has 0 aliphatic rings. The monoisotopic (exact) mass is 1410 g/mol. The first-order valence-electron chi connectivity index (χ1n) is 25.0. The highest BCUT2D eigenvalue weighted by Crippen LogP contribution is 3.21. The number of unbranched alkanes of at least 4 members (excludes halogenated alkanes) is 2. The number of halogens is 2. The third-order valence-electron chi connectivity index (χ3n) is 12.6. The second-order valence-corrected chi connectivity index (χ2v) is 72.2. The summed E-state index contributed by atoms with van der Waals surface area (Å²) < 4.78 is 19.6. The zero-order valence-electron chi connectivity index (χ0n) is 45.0. The number of ether oxygens (including phenoxy) is 2. The van der Waals surface area contributed by atoms with Crippen molar-refractivity contribution in [1.29, 1.82) is 10.5 Å². The van der Waals surface area contributed by atoms with Crippen LogP contribution >= 0.6 is 137 Å². The predicted octanol–water partition coefficient (Wildman–Crippen LogP) is 17.7. The molecule has 0 saturated heterocycles. The van der Waals surface area contributed by atoms with Crippen LogP contribution in [0.5, 0.6) is 11.5 Å². The Bertz CT molecular complexity index is 3960. The van der Waals surface area contributed by atoms with Gasteiger partial charge in [-0.3, -0.25) is 23.7 Å². The predicted molar refractivity (Wildman–Crippen MR) is 388 cm³/mol. The number of nitrogens with one attached hydrogen (secondary N) is 1. The van der Waals surface area contributed by atoms with Crippen LogP contribution in [0.25, 0.3) is 55.2 Å². The van der Waals surface area contributed by atoms with Crippen molar-refractivity contribution in [2.24, 2.45) is 0 Å². The Morgan fingerprint density at radius 3 is 1.49 bits per heavy atom. The Morgan fingerprint density at radius 1 is 0.566 bits per heavy atom. The Labute approximate surface area is 517 Å².